The SMILES string of the molecule is CCCCCCCCCCCCOC(=O)CCC(NC(=O)C(O)C(O)C(O)C(O)CO)C(=O)OCCCCCCCCCCCC. The van der Waals surface area contributed by atoms with Gasteiger partial charge in [0.15, 0.2) is 6.10 Å². The Labute approximate surface area is 277 Å². The molecule has 0 bridgehead atoms. The maximum Gasteiger partial charge on any atom is 0.328 e. The molecular weight excluding hydrogens is 594 g/mol. The molecule has 0 saturated carbocycles. The van der Waals surface area contributed by atoms with Crippen LogP contribution in [0.3, 0.4) is 0 Å². The largest absolute Gasteiger partial charge is 0.466 e. The molecule has 0 aliphatic carbocycles. The Balaban J connectivity index is 4.65. The first-order valence-electron chi connectivity index (χ1n) is 18.1. The van der Waals surface area contributed by atoms with Crippen LogP contribution < -0.4 is 5.32 Å². The third-order valence-corrected chi connectivity index (χ3v) is 8.26. The molecule has 5 unspecified atom stereocenters. The quantitative estimate of drug-likeness (QED) is 0.0440. The maximum absolute atomic E-state index is 12.8. The molecular formula is C35H67NO10. The molecule has 0 spiro atoms. The lowest BCUT2D eigenvalue weighted by molar-refractivity contribution is -0.155. The zero-order valence-electron chi connectivity index (χ0n) is 28.8. The topological polar surface area (TPSA) is 183 Å². The Bertz CT molecular complexity index is 753. The zero-order valence-corrected chi connectivity index (χ0v) is 28.8. The van der Waals surface area contributed by atoms with Gasteiger partial charge >= 0.3 is 11.9 Å². The number of aliphatic hydroxyl groups is 5. The van der Waals surface area contributed by atoms with Gasteiger partial charge in [-0.25, -0.2) is 4.79 Å². The number of aliphatic hydroxyl groups excluding tert-OH is 5. The maximum atomic E-state index is 12.8. The zero-order chi connectivity index (χ0) is 34.4. The average Bonchev–Trinajstić information content (AvgIpc) is 3.06. The van der Waals surface area contributed by atoms with Crippen LogP contribution in [-0.2, 0) is 23.9 Å². The van der Waals surface area contributed by atoms with E-state index in [0.29, 0.717) is 6.42 Å². The van der Waals surface area contributed by atoms with Gasteiger partial charge in [0.2, 0.25) is 0 Å². The first kappa shape index (κ1) is 44.2. The van der Waals surface area contributed by atoms with Crippen molar-refractivity contribution in [3.8, 4) is 0 Å². The van der Waals surface area contributed by atoms with E-state index in [4.69, 9.17) is 14.6 Å². The lowest BCUT2D eigenvalue weighted by Gasteiger charge is -2.26. The second-order valence-corrected chi connectivity index (χ2v) is 12.5. The monoisotopic (exact) mass is 661 g/mol. The summed E-state index contributed by atoms with van der Waals surface area (Å²) in [5.41, 5.74) is 0. The van der Waals surface area contributed by atoms with Crippen LogP contribution in [0.4, 0.5) is 0 Å². The van der Waals surface area contributed by atoms with Crippen LogP contribution in [0, 0.1) is 0 Å². The van der Waals surface area contributed by atoms with Gasteiger partial charge in [0.25, 0.3) is 5.91 Å². The molecule has 11 heteroatoms. The summed E-state index contributed by atoms with van der Waals surface area (Å²) in [5.74, 6) is -2.51. The molecule has 0 aromatic carbocycles. The van der Waals surface area contributed by atoms with Gasteiger partial charge in [-0.05, 0) is 19.3 Å². The van der Waals surface area contributed by atoms with Gasteiger partial charge < -0.3 is 40.3 Å². The fourth-order valence-corrected chi connectivity index (χ4v) is 5.16. The summed E-state index contributed by atoms with van der Waals surface area (Å²) in [6.07, 6.45) is 14.3. The third-order valence-electron chi connectivity index (χ3n) is 8.26. The number of hydrogen-bond acceptors (Lipinski definition) is 10. The molecule has 46 heavy (non-hydrogen) atoms. The number of esters is 2. The van der Waals surface area contributed by atoms with Gasteiger partial charge in [-0.2, -0.15) is 0 Å². The fraction of sp³-hybridized carbons (Fsp3) is 0.914. The molecule has 0 saturated heterocycles. The highest BCUT2D eigenvalue weighted by Crippen LogP contribution is 2.13. The van der Waals surface area contributed by atoms with E-state index in [1.54, 1.807) is 0 Å². The normalized spacial score (nSPS) is 14.7. The summed E-state index contributed by atoms with van der Waals surface area (Å²) in [5, 5.41) is 50.9. The van der Waals surface area contributed by atoms with Crippen LogP contribution in [-0.4, -0.2) is 93.7 Å². The number of nitrogens with one attached hydrogen (secondary N) is 1. The number of carbonyl (C=O) groups excluding carboxylic acids is 3. The molecule has 6 N–H and O–H groups in total. The first-order valence-corrected chi connectivity index (χ1v) is 18.1. The van der Waals surface area contributed by atoms with Crippen molar-refractivity contribution in [1.82, 2.24) is 5.32 Å². The van der Waals surface area contributed by atoms with Gasteiger partial charge in [-0.1, -0.05) is 129 Å². The standard InChI is InChI=1S/C35H67NO10/c1-3-5-7-9-11-13-15-17-19-21-25-45-30(39)24-23-28(36-34(43)33(42)32(41)31(40)29(38)27-37)35(44)46-26-22-20-18-16-14-12-10-8-6-4-2/h28-29,31-33,37-38,40-42H,3-27H2,1-2H3,(H,36,43). The smallest absolute Gasteiger partial charge is 0.328 e. The summed E-state index contributed by atoms with van der Waals surface area (Å²) < 4.78 is 10.7. The Morgan fingerprint density at radius 3 is 1.43 bits per heavy atom. The van der Waals surface area contributed by atoms with Crippen molar-refractivity contribution < 1.29 is 49.4 Å². The first-order chi connectivity index (χ1) is 22.2. The van der Waals surface area contributed by atoms with E-state index in [1.807, 2.05) is 0 Å². The van der Waals surface area contributed by atoms with E-state index in [9.17, 15) is 34.8 Å². The Morgan fingerprint density at radius 2 is 1.00 bits per heavy atom. The summed E-state index contributed by atoms with van der Waals surface area (Å²) in [7, 11) is 0. The molecule has 0 aromatic rings. The predicted molar refractivity (Wildman–Crippen MR) is 178 cm³/mol. The molecule has 1 amide bonds. The Hall–Kier alpha value is -1.79. The molecule has 0 fully saturated rings. The molecule has 0 radical (unpaired) electrons. The van der Waals surface area contributed by atoms with Crippen LogP contribution in [0.5, 0.6) is 0 Å². The van der Waals surface area contributed by atoms with Crippen molar-refractivity contribution in [3.05, 3.63) is 0 Å². The van der Waals surface area contributed by atoms with E-state index < -0.39 is 54.9 Å². The van der Waals surface area contributed by atoms with E-state index in [-0.39, 0.29) is 26.1 Å². The molecule has 0 rings (SSSR count). The molecule has 0 heterocycles. The summed E-state index contributed by atoms with van der Waals surface area (Å²) in [4.78, 5) is 37.8. The number of carbonyl (C=O) groups is 3. The van der Waals surface area contributed by atoms with Crippen molar-refractivity contribution in [2.75, 3.05) is 19.8 Å². The number of amides is 1. The van der Waals surface area contributed by atoms with Crippen molar-refractivity contribution in [2.24, 2.45) is 0 Å². The predicted octanol–water partition coefficient (Wildman–Crippen LogP) is 4.62. The Kier molecular flexibility index (Phi) is 29.3. The van der Waals surface area contributed by atoms with E-state index in [1.165, 1.54) is 83.5 Å². The minimum atomic E-state index is -2.21. The van der Waals surface area contributed by atoms with Crippen molar-refractivity contribution in [2.45, 2.75) is 186 Å². The lowest BCUT2D eigenvalue weighted by atomic mass is 10.0. The van der Waals surface area contributed by atoms with Crippen LogP contribution >= 0.6 is 0 Å². The summed E-state index contributed by atoms with van der Waals surface area (Å²) >= 11 is 0. The van der Waals surface area contributed by atoms with Crippen LogP contribution in [0.1, 0.15) is 155 Å². The summed E-state index contributed by atoms with van der Waals surface area (Å²) in [6.45, 7) is 3.91. The van der Waals surface area contributed by atoms with E-state index in [0.717, 1.165) is 38.5 Å². The van der Waals surface area contributed by atoms with Crippen molar-refractivity contribution in [3.63, 3.8) is 0 Å². The number of unbranched alkanes of at least 4 members (excludes halogenated alkanes) is 18. The lowest BCUT2D eigenvalue weighted by Crippen LogP contribution is -2.54. The van der Waals surface area contributed by atoms with Crippen LogP contribution in [0.15, 0.2) is 0 Å². The fourth-order valence-electron chi connectivity index (χ4n) is 5.16. The molecule has 0 aliphatic rings. The number of hydrogen-bond donors (Lipinski definition) is 6. The number of rotatable bonds is 32. The highest BCUT2D eigenvalue weighted by molar-refractivity contribution is 5.87. The van der Waals surface area contributed by atoms with Gasteiger partial charge in [0.1, 0.15) is 24.4 Å². The molecule has 5 atom stereocenters. The highest BCUT2D eigenvalue weighted by Gasteiger charge is 2.36. The minimum Gasteiger partial charge on any atom is -0.466 e. The minimum absolute atomic E-state index is 0.136. The van der Waals surface area contributed by atoms with E-state index in [2.05, 4.69) is 19.2 Å². The molecule has 272 valence electrons. The van der Waals surface area contributed by atoms with Gasteiger partial charge in [-0.15, -0.1) is 0 Å². The second kappa shape index (κ2) is 30.5. The highest BCUT2D eigenvalue weighted by atomic mass is 16.5. The number of ether oxygens (including phenoxy) is 2. The van der Waals surface area contributed by atoms with Gasteiger partial charge in [-0.3, -0.25) is 9.59 Å². The van der Waals surface area contributed by atoms with Crippen LogP contribution in [0.25, 0.3) is 0 Å². The van der Waals surface area contributed by atoms with Crippen LogP contribution in [0.2, 0.25) is 0 Å². The van der Waals surface area contributed by atoms with Gasteiger partial charge in [0.05, 0.1) is 19.8 Å². The molecule has 0 aliphatic heterocycles. The van der Waals surface area contributed by atoms with Gasteiger partial charge in [0, 0.05) is 6.42 Å². The van der Waals surface area contributed by atoms with Crippen molar-refractivity contribution >= 4 is 17.8 Å². The average molecular weight is 662 g/mol. The molecule has 0 aromatic heterocycles. The van der Waals surface area contributed by atoms with Crippen molar-refractivity contribution in [1.29, 1.82) is 0 Å². The van der Waals surface area contributed by atoms with E-state index >= 15 is 0 Å². The summed E-state index contributed by atoms with van der Waals surface area (Å²) in [6, 6.07) is -1.30. The third kappa shape index (κ3) is 23.5. The molecule has 11 nitrogen and oxygen atoms in total. The Morgan fingerprint density at radius 1 is 0.587 bits per heavy atom. The second-order valence-electron chi connectivity index (χ2n) is 12.5.